The first-order valence-electron chi connectivity index (χ1n) is 19.2. The Morgan fingerprint density at radius 1 is 1.04 bits per heavy atom. The van der Waals surface area contributed by atoms with E-state index in [0.29, 0.717) is 67.2 Å². The van der Waals surface area contributed by atoms with Crippen molar-refractivity contribution in [1.82, 2.24) is 15.0 Å². The van der Waals surface area contributed by atoms with Crippen molar-refractivity contribution in [3.05, 3.63) is 64.9 Å². The first-order chi connectivity index (χ1) is 26.2. The molecule has 0 bridgehead atoms. The third-order valence-electron chi connectivity index (χ3n) is 11.3. The maximum atomic E-state index is 14.3. The molecule has 15 heteroatoms. The highest BCUT2D eigenvalue weighted by atomic mass is 32.2. The van der Waals surface area contributed by atoms with E-state index in [1.165, 1.54) is 6.07 Å². The number of anilines is 1. The fourth-order valence-electron chi connectivity index (χ4n) is 7.90. The molecule has 0 radical (unpaired) electrons. The standard InChI is InChI=1S/C40H50F3N5O6S/c1-5-7-12-35-44-39(19-21-47(22-20-39)37(49)29-14-16-31(17-15-29)40(41,42)43)38(50)48(35)24-28-13-18-32(30(23-28)25-53-6-2)33-10-8-9-11-34(33)55(51,52)46-36-26(3)27(4)54-45-36/h8-11,13,18,23,29,31H,5-7,12,14-17,19-22,24-25H2,1-4H3,(H,45,46)/t29-,31-. The molecule has 3 aromatic rings. The zero-order valence-electron chi connectivity index (χ0n) is 31.9. The molecular formula is C40H50F3N5O6S. The molecular weight excluding hydrogens is 736 g/mol. The number of piperidine rings is 1. The number of nitrogens with one attached hydrogen (secondary N) is 1. The van der Waals surface area contributed by atoms with Gasteiger partial charge >= 0.3 is 6.18 Å². The van der Waals surface area contributed by atoms with E-state index >= 15 is 0 Å². The monoisotopic (exact) mass is 785 g/mol. The third-order valence-corrected chi connectivity index (χ3v) is 12.7. The summed E-state index contributed by atoms with van der Waals surface area (Å²) in [6, 6.07) is 12.4. The predicted octanol–water partition coefficient (Wildman–Crippen LogP) is 7.96. The highest BCUT2D eigenvalue weighted by Crippen LogP contribution is 2.42. The number of aryl methyl sites for hydroxylation is 1. The molecule has 3 heterocycles. The van der Waals surface area contributed by atoms with Gasteiger partial charge in [-0.25, -0.2) is 8.42 Å². The number of hydrogen-bond acceptors (Lipinski definition) is 8. The lowest BCUT2D eigenvalue weighted by Gasteiger charge is -2.39. The van der Waals surface area contributed by atoms with Crippen molar-refractivity contribution in [3.63, 3.8) is 0 Å². The Morgan fingerprint density at radius 3 is 2.38 bits per heavy atom. The van der Waals surface area contributed by atoms with Gasteiger partial charge in [0, 0.05) is 43.2 Å². The van der Waals surface area contributed by atoms with Crippen LogP contribution in [0.3, 0.4) is 0 Å². The summed E-state index contributed by atoms with van der Waals surface area (Å²) in [5, 5.41) is 3.87. The van der Waals surface area contributed by atoms with E-state index in [1.807, 2.05) is 25.1 Å². The average Bonchev–Trinajstić information content (AvgIpc) is 3.61. The summed E-state index contributed by atoms with van der Waals surface area (Å²) < 4.78 is 80.7. The van der Waals surface area contributed by atoms with Gasteiger partial charge in [-0.1, -0.05) is 54.9 Å². The number of rotatable bonds is 13. The van der Waals surface area contributed by atoms with Gasteiger partial charge in [-0.05, 0) is 88.5 Å². The van der Waals surface area contributed by atoms with Gasteiger partial charge < -0.3 is 14.2 Å². The molecule has 1 aliphatic carbocycles. The third kappa shape index (κ3) is 8.62. The van der Waals surface area contributed by atoms with Gasteiger partial charge in [-0.15, -0.1) is 0 Å². The normalized spacial score (nSPS) is 20.3. The summed E-state index contributed by atoms with van der Waals surface area (Å²) >= 11 is 0. The van der Waals surface area contributed by atoms with Crippen LogP contribution in [0.2, 0.25) is 0 Å². The van der Waals surface area contributed by atoms with E-state index in [2.05, 4.69) is 16.8 Å². The van der Waals surface area contributed by atoms with Crippen LogP contribution in [-0.4, -0.2) is 72.4 Å². The maximum Gasteiger partial charge on any atom is 0.391 e. The van der Waals surface area contributed by atoms with E-state index in [-0.39, 0.29) is 61.4 Å². The molecule has 3 aliphatic rings. The minimum Gasteiger partial charge on any atom is -0.377 e. The van der Waals surface area contributed by atoms with Crippen LogP contribution in [0.5, 0.6) is 0 Å². The molecule has 1 spiro atoms. The van der Waals surface area contributed by atoms with Gasteiger partial charge in [0.25, 0.3) is 15.9 Å². The minimum absolute atomic E-state index is 0.0322. The lowest BCUT2D eigenvalue weighted by molar-refractivity contribution is -0.185. The molecule has 0 atom stereocenters. The van der Waals surface area contributed by atoms with Crippen molar-refractivity contribution in [2.75, 3.05) is 24.4 Å². The Morgan fingerprint density at radius 2 is 1.75 bits per heavy atom. The molecule has 1 aromatic heterocycles. The molecule has 1 saturated heterocycles. The van der Waals surface area contributed by atoms with Crippen molar-refractivity contribution in [2.45, 2.75) is 115 Å². The number of nitrogens with zero attached hydrogens (tertiary/aromatic N) is 4. The summed E-state index contributed by atoms with van der Waals surface area (Å²) in [5.74, 6) is -0.681. The molecule has 2 amide bonds. The fourth-order valence-corrected chi connectivity index (χ4v) is 9.18. The number of aromatic nitrogens is 1. The van der Waals surface area contributed by atoms with Gasteiger partial charge in [0.05, 0.1) is 24.0 Å². The number of hydrogen-bond donors (Lipinski definition) is 1. The molecule has 2 aromatic carbocycles. The van der Waals surface area contributed by atoms with Crippen molar-refractivity contribution in [2.24, 2.45) is 16.8 Å². The van der Waals surface area contributed by atoms with E-state index in [0.717, 1.165) is 24.0 Å². The summed E-state index contributed by atoms with van der Waals surface area (Å²) in [6.07, 6.45) is -0.787. The van der Waals surface area contributed by atoms with Crippen LogP contribution in [0, 0.1) is 25.7 Å². The number of carbonyl (C=O) groups is 2. The van der Waals surface area contributed by atoms with Crippen LogP contribution in [-0.2, 0) is 37.5 Å². The van der Waals surface area contributed by atoms with Crippen LogP contribution in [0.25, 0.3) is 11.1 Å². The number of aliphatic imine (C=N–C) groups is 1. The molecule has 6 rings (SSSR count). The molecule has 55 heavy (non-hydrogen) atoms. The molecule has 2 aliphatic heterocycles. The SMILES string of the molecule is CCCCC1=NC2(CCN(C(=O)[C@H]3CC[C@H](C(F)(F)F)CC3)CC2)C(=O)N1Cc1ccc(-c2ccccc2S(=O)(=O)Nc2noc(C)c2C)c(COCC)c1. The maximum absolute atomic E-state index is 14.3. The second-order valence-corrected chi connectivity index (χ2v) is 16.6. The summed E-state index contributed by atoms with van der Waals surface area (Å²) in [6.45, 7) is 8.92. The van der Waals surface area contributed by atoms with Crippen LogP contribution < -0.4 is 4.72 Å². The van der Waals surface area contributed by atoms with Crippen molar-refractivity contribution >= 4 is 33.5 Å². The Bertz CT molecular complexity index is 2010. The Labute approximate surface area is 320 Å². The first-order valence-corrected chi connectivity index (χ1v) is 20.7. The number of amidine groups is 1. The van der Waals surface area contributed by atoms with Crippen LogP contribution in [0.1, 0.15) is 94.1 Å². The Kier molecular flexibility index (Phi) is 12.1. The van der Waals surface area contributed by atoms with Gasteiger partial charge in [0.2, 0.25) is 5.91 Å². The van der Waals surface area contributed by atoms with Gasteiger partial charge in [0.1, 0.15) is 17.1 Å². The molecule has 298 valence electrons. The fraction of sp³-hybridized carbons (Fsp3) is 0.550. The van der Waals surface area contributed by atoms with E-state index in [1.54, 1.807) is 41.8 Å². The highest BCUT2D eigenvalue weighted by molar-refractivity contribution is 7.92. The van der Waals surface area contributed by atoms with Crippen molar-refractivity contribution in [3.8, 4) is 11.1 Å². The molecule has 11 nitrogen and oxygen atoms in total. The van der Waals surface area contributed by atoms with Crippen molar-refractivity contribution in [1.29, 1.82) is 0 Å². The van der Waals surface area contributed by atoms with Gasteiger partial charge in [-0.2, -0.15) is 13.2 Å². The largest absolute Gasteiger partial charge is 0.391 e. The highest BCUT2D eigenvalue weighted by Gasteiger charge is 2.51. The molecule has 1 N–H and O–H groups in total. The van der Waals surface area contributed by atoms with Gasteiger partial charge in [-0.3, -0.25) is 24.2 Å². The number of benzene rings is 2. The summed E-state index contributed by atoms with van der Waals surface area (Å²) in [4.78, 5) is 36.3. The minimum atomic E-state index is -4.23. The number of ether oxygens (including phenoxy) is 1. The smallest absolute Gasteiger partial charge is 0.377 e. The molecule has 1 saturated carbocycles. The molecule has 2 fully saturated rings. The average molecular weight is 786 g/mol. The second kappa shape index (κ2) is 16.5. The quantitative estimate of drug-likeness (QED) is 0.186. The Hall–Kier alpha value is -4.24. The lowest BCUT2D eigenvalue weighted by Crippen LogP contribution is -2.52. The number of sulfonamides is 1. The number of halogens is 3. The van der Waals surface area contributed by atoms with E-state index in [9.17, 15) is 31.2 Å². The number of amides is 2. The molecule has 0 unspecified atom stereocenters. The zero-order chi connectivity index (χ0) is 39.5. The lowest BCUT2D eigenvalue weighted by atomic mass is 9.80. The van der Waals surface area contributed by atoms with E-state index in [4.69, 9.17) is 14.3 Å². The topological polar surface area (TPSA) is 134 Å². The Balaban J connectivity index is 1.21. The van der Waals surface area contributed by atoms with Gasteiger partial charge in [0.15, 0.2) is 5.82 Å². The van der Waals surface area contributed by atoms with Crippen LogP contribution in [0.15, 0.2) is 56.9 Å². The zero-order valence-corrected chi connectivity index (χ0v) is 32.7. The van der Waals surface area contributed by atoms with Crippen LogP contribution in [0.4, 0.5) is 19.0 Å². The number of likely N-dealkylation sites (tertiary alicyclic amines) is 1. The first kappa shape index (κ1) is 40.4. The van der Waals surface area contributed by atoms with Crippen molar-refractivity contribution < 1.29 is 40.4 Å². The number of unbranched alkanes of at least 4 members (excludes halogenated alkanes) is 1. The predicted molar refractivity (Wildman–Crippen MR) is 202 cm³/mol. The summed E-state index contributed by atoms with van der Waals surface area (Å²) in [5.41, 5.74) is 2.31. The number of alkyl halides is 3. The number of carbonyl (C=O) groups excluding carboxylic acids is 2. The van der Waals surface area contributed by atoms with E-state index < -0.39 is 33.6 Å². The second-order valence-electron chi connectivity index (χ2n) is 14.9. The van der Waals surface area contributed by atoms with Crippen LogP contribution >= 0.6 is 0 Å². The summed E-state index contributed by atoms with van der Waals surface area (Å²) in [7, 11) is -4.08.